The third-order valence-corrected chi connectivity index (χ3v) is 4.73. The number of benzene rings is 1. The number of aromatic nitrogens is 4. The highest BCUT2D eigenvalue weighted by atomic mass is 16.5. The summed E-state index contributed by atoms with van der Waals surface area (Å²) in [6.45, 7) is 6.98. The molecule has 0 spiro atoms. The van der Waals surface area contributed by atoms with Crippen LogP contribution < -0.4 is 15.4 Å². The summed E-state index contributed by atoms with van der Waals surface area (Å²) in [5.74, 6) is 2.24. The SMILES string of the molecule is COc1ccc(CC(=O)NCCNc2cc(-n3cnc(C)c3C)ncn2)cc1C. The molecule has 0 fully saturated rings. The van der Waals surface area contributed by atoms with E-state index in [0.29, 0.717) is 25.3 Å². The van der Waals surface area contributed by atoms with Crippen molar-refractivity contribution in [3.63, 3.8) is 0 Å². The van der Waals surface area contributed by atoms with E-state index in [1.165, 1.54) is 6.33 Å². The molecule has 0 saturated carbocycles. The molecule has 0 atom stereocenters. The highest BCUT2D eigenvalue weighted by Crippen LogP contribution is 2.18. The number of hydrogen-bond donors (Lipinski definition) is 2. The first-order chi connectivity index (χ1) is 14.0. The second kappa shape index (κ2) is 9.18. The first-order valence-corrected chi connectivity index (χ1v) is 9.45. The molecule has 152 valence electrons. The zero-order valence-corrected chi connectivity index (χ0v) is 17.2. The molecule has 0 aliphatic rings. The first-order valence-electron chi connectivity index (χ1n) is 9.45. The van der Waals surface area contributed by atoms with E-state index in [2.05, 4.69) is 25.6 Å². The minimum Gasteiger partial charge on any atom is -0.496 e. The molecule has 3 rings (SSSR count). The van der Waals surface area contributed by atoms with Gasteiger partial charge in [-0.15, -0.1) is 0 Å². The Morgan fingerprint density at radius 1 is 1.10 bits per heavy atom. The van der Waals surface area contributed by atoms with Crippen molar-refractivity contribution >= 4 is 11.7 Å². The summed E-state index contributed by atoms with van der Waals surface area (Å²) < 4.78 is 7.16. The van der Waals surface area contributed by atoms with E-state index in [-0.39, 0.29) is 5.91 Å². The molecule has 0 aliphatic heterocycles. The van der Waals surface area contributed by atoms with Gasteiger partial charge in [-0.05, 0) is 38.0 Å². The quantitative estimate of drug-likeness (QED) is 0.570. The Hall–Kier alpha value is -3.42. The average Bonchev–Trinajstić information content (AvgIpc) is 3.04. The van der Waals surface area contributed by atoms with Crippen molar-refractivity contribution in [1.29, 1.82) is 0 Å². The number of ether oxygens (including phenoxy) is 1. The van der Waals surface area contributed by atoms with Gasteiger partial charge in [-0.25, -0.2) is 15.0 Å². The van der Waals surface area contributed by atoms with Crippen LogP contribution in [0.5, 0.6) is 5.75 Å². The molecular formula is C21H26N6O2. The minimum atomic E-state index is -0.0238. The number of amides is 1. The van der Waals surface area contributed by atoms with E-state index in [4.69, 9.17) is 4.74 Å². The Labute approximate surface area is 170 Å². The van der Waals surface area contributed by atoms with Gasteiger partial charge in [-0.1, -0.05) is 12.1 Å². The predicted molar refractivity (Wildman–Crippen MR) is 112 cm³/mol. The fourth-order valence-electron chi connectivity index (χ4n) is 3.00. The zero-order valence-electron chi connectivity index (χ0n) is 17.2. The first kappa shape index (κ1) is 20.3. The van der Waals surface area contributed by atoms with Gasteiger partial charge < -0.3 is 15.4 Å². The lowest BCUT2D eigenvalue weighted by Crippen LogP contribution is -2.30. The maximum Gasteiger partial charge on any atom is 0.224 e. The molecule has 1 aromatic carbocycles. The Morgan fingerprint density at radius 2 is 1.93 bits per heavy atom. The molecule has 0 bridgehead atoms. The van der Waals surface area contributed by atoms with Crippen LogP contribution in [0.1, 0.15) is 22.5 Å². The molecule has 0 unspecified atom stereocenters. The smallest absolute Gasteiger partial charge is 0.224 e. The number of nitrogens with zero attached hydrogens (tertiary/aromatic N) is 4. The van der Waals surface area contributed by atoms with E-state index in [0.717, 1.165) is 34.1 Å². The van der Waals surface area contributed by atoms with Crippen molar-refractivity contribution in [2.75, 3.05) is 25.5 Å². The molecule has 3 aromatic rings. The van der Waals surface area contributed by atoms with Gasteiger partial charge in [-0.3, -0.25) is 9.36 Å². The Morgan fingerprint density at radius 3 is 2.62 bits per heavy atom. The van der Waals surface area contributed by atoms with Crippen molar-refractivity contribution in [3.8, 4) is 11.6 Å². The number of hydrogen-bond acceptors (Lipinski definition) is 6. The monoisotopic (exact) mass is 394 g/mol. The van der Waals surface area contributed by atoms with E-state index in [1.807, 2.05) is 49.6 Å². The van der Waals surface area contributed by atoms with Gasteiger partial charge in [0.25, 0.3) is 0 Å². The number of rotatable bonds is 8. The summed E-state index contributed by atoms with van der Waals surface area (Å²) in [5, 5.41) is 6.13. The summed E-state index contributed by atoms with van der Waals surface area (Å²) in [4.78, 5) is 25.0. The number of aryl methyl sites for hydroxylation is 2. The number of imidazole rings is 1. The van der Waals surface area contributed by atoms with Gasteiger partial charge in [0, 0.05) is 24.8 Å². The van der Waals surface area contributed by atoms with Crippen LogP contribution in [-0.4, -0.2) is 45.6 Å². The highest BCUT2D eigenvalue weighted by Gasteiger charge is 2.08. The van der Waals surface area contributed by atoms with Crippen LogP contribution in [0.15, 0.2) is 36.9 Å². The summed E-state index contributed by atoms with van der Waals surface area (Å²) in [6.07, 6.45) is 3.59. The predicted octanol–water partition coefficient (Wildman–Crippen LogP) is 2.37. The second-order valence-corrected chi connectivity index (χ2v) is 6.80. The summed E-state index contributed by atoms with van der Waals surface area (Å²) in [6, 6.07) is 7.62. The largest absolute Gasteiger partial charge is 0.496 e. The summed E-state index contributed by atoms with van der Waals surface area (Å²) in [5.41, 5.74) is 3.98. The molecule has 8 heteroatoms. The zero-order chi connectivity index (χ0) is 20.8. The van der Waals surface area contributed by atoms with Crippen molar-refractivity contribution < 1.29 is 9.53 Å². The van der Waals surface area contributed by atoms with E-state index in [9.17, 15) is 4.79 Å². The number of carbonyl (C=O) groups excluding carboxylic acids is 1. The van der Waals surface area contributed by atoms with Crippen LogP contribution in [0.2, 0.25) is 0 Å². The highest BCUT2D eigenvalue weighted by molar-refractivity contribution is 5.78. The van der Waals surface area contributed by atoms with Crippen LogP contribution in [0.25, 0.3) is 5.82 Å². The maximum absolute atomic E-state index is 12.2. The van der Waals surface area contributed by atoms with Gasteiger partial charge in [0.1, 0.15) is 30.0 Å². The average molecular weight is 394 g/mol. The van der Waals surface area contributed by atoms with Crippen molar-refractivity contribution in [2.45, 2.75) is 27.2 Å². The molecule has 29 heavy (non-hydrogen) atoms. The van der Waals surface area contributed by atoms with Gasteiger partial charge in [0.05, 0.1) is 19.2 Å². The number of carbonyl (C=O) groups is 1. The fraction of sp³-hybridized carbons (Fsp3) is 0.333. The molecule has 8 nitrogen and oxygen atoms in total. The number of nitrogens with one attached hydrogen (secondary N) is 2. The molecular weight excluding hydrogens is 368 g/mol. The molecule has 2 N–H and O–H groups in total. The van der Waals surface area contributed by atoms with Crippen LogP contribution in [0.4, 0.5) is 5.82 Å². The van der Waals surface area contributed by atoms with Gasteiger partial charge in [0.2, 0.25) is 5.91 Å². The van der Waals surface area contributed by atoms with E-state index >= 15 is 0 Å². The fourth-order valence-corrected chi connectivity index (χ4v) is 3.00. The van der Waals surface area contributed by atoms with Gasteiger partial charge >= 0.3 is 0 Å². The van der Waals surface area contributed by atoms with Gasteiger partial charge in [-0.2, -0.15) is 0 Å². The summed E-state index contributed by atoms with van der Waals surface area (Å²) >= 11 is 0. The minimum absolute atomic E-state index is 0.0238. The molecule has 2 aromatic heterocycles. The third kappa shape index (κ3) is 5.10. The summed E-state index contributed by atoms with van der Waals surface area (Å²) in [7, 11) is 1.64. The van der Waals surface area contributed by atoms with E-state index < -0.39 is 0 Å². The van der Waals surface area contributed by atoms with Crippen LogP contribution >= 0.6 is 0 Å². The van der Waals surface area contributed by atoms with Crippen molar-refractivity contribution in [1.82, 2.24) is 24.8 Å². The molecule has 0 aliphatic carbocycles. The van der Waals surface area contributed by atoms with Crippen molar-refractivity contribution in [3.05, 3.63) is 59.4 Å². The third-order valence-electron chi connectivity index (χ3n) is 4.73. The number of anilines is 1. The second-order valence-electron chi connectivity index (χ2n) is 6.80. The lowest BCUT2D eigenvalue weighted by atomic mass is 10.1. The van der Waals surface area contributed by atoms with E-state index in [1.54, 1.807) is 13.4 Å². The molecule has 0 saturated heterocycles. The molecule has 1 amide bonds. The Kier molecular flexibility index (Phi) is 6.43. The standard InChI is InChI=1S/C21H26N6O2/c1-14-9-17(5-6-18(14)29-4)10-21(28)23-8-7-22-19-11-20(25-12-24-19)27-13-26-15(2)16(27)3/h5-6,9,11-13H,7-8,10H2,1-4H3,(H,23,28)(H,22,24,25). The molecule has 0 radical (unpaired) electrons. The topological polar surface area (TPSA) is 94.0 Å². The van der Waals surface area contributed by atoms with Crippen molar-refractivity contribution in [2.24, 2.45) is 0 Å². The maximum atomic E-state index is 12.2. The molecule has 2 heterocycles. The lowest BCUT2D eigenvalue weighted by molar-refractivity contribution is -0.120. The normalized spacial score (nSPS) is 10.6. The Balaban J connectivity index is 1.48. The lowest BCUT2D eigenvalue weighted by Gasteiger charge is -2.10. The van der Waals surface area contributed by atoms with Crippen LogP contribution in [0.3, 0.4) is 0 Å². The van der Waals surface area contributed by atoms with Crippen LogP contribution in [0, 0.1) is 20.8 Å². The Bertz CT molecular complexity index is 999. The van der Waals surface area contributed by atoms with Crippen LogP contribution in [-0.2, 0) is 11.2 Å². The van der Waals surface area contributed by atoms with Gasteiger partial charge in [0.15, 0.2) is 0 Å². The number of methoxy groups -OCH3 is 1.